The lowest BCUT2D eigenvalue weighted by Crippen LogP contribution is -2.33. The molecule has 1 heterocycles. The minimum atomic E-state index is -0.604. The van der Waals surface area contributed by atoms with Crippen molar-refractivity contribution in [2.24, 2.45) is 0 Å². The maximum Gasteiger partial charge on any atom is 0.332 e. The summed E-state index contributed by atoms with van der Waals surface area (Å²) in [6.07, 6.45) is 3.65. The number of imide groups is 1. The Labute approximate surface area is 139 Å². The highest BCUT2D eigenvalue weighted by molar-refractivity contribution is 6.14. The summed E-state index contributed by atoms with van der Waals surface area (Å²) in [5, 5.41) is 0. The summed E-state index contributed by atoms with van der Waals surface area (Å²) >= 11 is 0. The summed E-state index contributed by atoms with van der Waals surface area (Å²) in [5.74, 6) is -0.644. The molecule has 2 aromatic rings. The number of halogens is 1. The average molecular weight is 324 g/mol. The van der Waals surface area contributed by atoms with Crippen molar-refractivity contribution >= 4 is 23.7 Å². The van der Waals surface area contributed by atoms with E-state index in [0.29, 0.717) is 5.69 Å². The zero-order valence-corrected chi connectivity index (χ0v) is 13.2. The summed E-state index contributed by atoms with van der Waals surface area (Å²) in [5.41, 5.74) is 1.51. The summed E-state index contributed by atoms with van der Waals surface area (Å²) in [6.45, 7) is 1.87. The molecule has 24 heavy (non-hydrogen) atoms. The molecule has 0 unspecified atom stereocenters. The predicted octanol–water partition coefficient (Wildman–Crippen LogP) is 3.70. The van der Waals surface area contributed by atoms with E-state index in [1.165, 1.54) is 34.1 Å². The van der Waals surface area contributed by atoms with Gasteiger partial charge in [0.2, 0.25) is 0 Å². The third kappa shape index (κ3) is 3.06. The molecule has 4 nitrogen and oxygen atoms in total. The Morgan fingerprint density at radius 3 is 2.38 bits per heavy atom. The van der Waals surface area contributed by atoms with Crippen molar-refractivity contribution in [2.75, 3.05) is 11.4 Å². The molecule has 0 bridgehead atoms. The Hall–Kier alpha value is -2.95. The second kappa shape index (κ2) is 6.66. The number of benzene rings is 2. The van der Waals surface area contributed by atoms with E-state index in [0.717, 1.165) is 5.56 Å². The Morgan fingerprint density at radius 2 is 1.71 bits per heavy atom. The SMILES string of the molecule is C[C@H]1C(=O)N(C/C=C/c2ccccc2)C(=O)N1c1ccc(F)cc1. The number of amides is 3. The van der Waals surface area contributed by atoms with Crippen LogP contribution < -0.4 is 4.90 Å². The fraction of sp³-hybridized carbons (Fsp3) is 0.158. The van der Waals surface area contributed by atoms with Gasteiger partial charge in [-0.25, -0.2) is 9.18 Å². The molecular formula is C19H17FN2O2. The molecule has 0 spiro atoms. The van der Waals surface area contributed by atoms with Crippen molar-refractivity contribution in [1.29, 1.82) is 0 Å². The van der Waals surface area contributed by atoms with Gasteiger partial charge in [-0.2, -0.15) is 0 Å². The third-order valence-electron chi connectivity index (χ3n) is 3.95. The van der Waals surface area contributed by atoms with Crippen LogP contribution in [0.1, 0.15) is 12.5 Å². The summed E-state index contributed by atoms with van der Waals surface area (Å²) < 4.78 is 13.1. The molecule has 3 rings (SSSR count). The first-order chi connectivity index (χ1) is 11.6. The Bertz CT molecular complexity index is 772. The average Bonchev–Trinajstić information content (AvgIpc) is 2.80. The zero-order chi connectivity index (χ0) is 17.1. The molecule has 3 amide bonds. The van der Waals surface area contributed by atoms with E-state index < -0.39 is 12.1 Å². The smallest absolute Gasteiger partial charge is 0.282 e. The maximum atomic E-state index is 13.1. The molecule has 122 valence electrons. The molecule has 1 atom stereocenters. The minimum Gasteiger partial charge on any atom is -0.282 e. The lowest BCUT2D eigenvalue weighted by atomic mass is 10.2. The Morgan fingerprint density at radius 1 is 1.04 bits per heavy atom. The number of carbonyl (C=O) groups excluding carboxylic acids is 2. The van der Waals surface area contributed by atoms with Crippen molar-refractivity contribution in [3.8, 4) is 0 Å². The maximum absolute atomic E-state index is 13.1. The van der Waals surface area contributed by atoms with Crippen LogP contribution in [-0.2, 0) is 4.79 Å². The van der Waals surface area contributed by atoms with Crippen molar-refractivity contribution < 1.29 is 14.0 Å². The molecule has 0 saturated carbocycles. The van der Waals surface area contributed by atoms with Crippen LogP contribution in [0, 0.1) is 5.82 Å². The van der Waals surface area contributed by atoms with Gasteiger partial charge in [0, 0.05) is 12.2 Å². The highest BCUT2D eigenvalue weighted by Crippen LogP contribution is 2.25. The second-order valence-corrected chi connectivity index (χ2v) is 5.57. The molecule has 0 aromatic heterocycles. The molecule has 1 fully saturated rings. The van der Waals surface area contributed by atoms with Crippen LogP contribution in [0.5, 0.6) is 0 Å². The number of anilines is 1. The first-order valence-electron chi connectivity index (χ1n) is 7.69. The molecule has 0 N–H and O–H groups in total. The van der Waals surface area contributed by atoms with E-state index >= 15 is 0 Å². The van der Waals surface area contributed by atoms with Crippen LogP contribution in [0.4, 0.5) is 14.9 Å². The van der Waals surface area contributed by atoms with Crippen molar-refractivity contribution in [3.63, 3.8) is 0 Å². The van der Waals surface area contributed by atoms with Gasteiger partial charge in [-0.1, -0.05) is 42.5 Å². The van der Waals surface area contributed by atoms with Gasteiger partial charge in [0.15, 0.2) is 0 Å². The Kier molecular flexibility index (Phi) is 4.42. The minimum absolute atomic E-state index is 0.203. The van der Waals surface area contributed by atoms with E-state index in [-0.39, 0.29) is 18.3 Å². The van der Waals surface area contributed by atoms with Crippen LogP contribution in [0.2, 0.25) is 0 Å². The lowest BCUT2D eigenvalue weighted by molar-refractivity contribution is -0.126. The standard InChI is InChI=1S/C19H17FN2O2/c1-14-18(23)21(13-5-8-15-6-3-2-4-7-15)19(24)22(14)17-11-9-16(20)10-12-17/h2-12,14H,13H2,1H3/b8-5+/t14-/m0/s1. The summed E-state index contributed by atoms with van der Waals surface area (Å²) in [4.78, 5) is 27.5. The lowest BCUT2D eigenvalue weighted by Gasteiger charge is -2.19. The number of urea groups is 1. The number of rotatable bonds is 4. The molecular weight excluding hydrogens is 307 g/mol. The molecule has 1 aliphatic rings. The van der Waals surface area contributed by atoms with Crippen molar-refractivity contribution in [1.82, 2.24) is 4.90 Å². The first-order valence-corrected chi connectivity index (χ1v) is 7.69. The van der Waals surface area contributed by atoms with Crippen LogP contribution in [0.25, 0.3) is 6.08 Å². The number of hydrogen-bond donors (Lipinski definition) is 0. The van der Waals surface area contributed by atoms with Gasteiger partial charge in [-0.15, -0.1) is 0 Å². The quantitative estimate of drug-likeness (QED) is 0.805. The van der Waals surface area contributed by atoms with Gasteiger partial charge in [-0.3, -0.25) is 14.6 Å². The largest absolute Gasteiger partial charge is 0.332 e. The summed E-state index contributed by atoms with van der Waals surface area (Å²) in [7, 11) is 0. The van der Waals surface area contributed by atoms with Crippen LogP contribution in [0.15, 0.2) is 60.7 Å². The number of hydrogen-bond acceptors (Lipinski definition) is 2. The Balaban J connectivity index is 1.75. The molecule has 1 aliphatic heterocycles. The van der Waals surface area contributed by atoms with Crippen molar-refractivity contribution in [2.45, 2.75) is 13.0 Å². The monoisotopic (exact) mass is 324 g/mol. The van der Waals surface area contributed by atoms with Crippen LogP contribution >= 0.6 is 0 Å². The topological polar surface area (TPSA) is 40.6 Å². The van der Waals surface area contributed by atoms with Crippen LogP contribution in [-0.4, -0.2) is 29.4 Å². The fourth-order valence-electron chi connectivity index (χ4n) is 2.69. The molecule has 0 aliphatic carbocycles. The third-order valence-corrected chi connectivity index (χ3v) is 3.95. The fourth-order valence-corrected chi connectivity index (χ4v) is 2.69. The van der Waals surface area contributed by atoms with E-state index in [2.05, 4.69) is 0 Å². The number of nitrogens with zero attached hydrogens (tertiary/aromatic N) is 2. The van der Waals surface area contributed by atoms with E-state index in [9.17, 15) is 14.0 Å². The van der Waals surface area contributed by atoms with Gasteiger partial charge in [0.05, 0.1) is 0 Å². The van der Waals surface area contributed by atoms with Gasteiger partial charge >= 0.3 is 6.03 Å². The molecule has 5 heteroatoms. The summed E-state index contributed by atoms with van der Waals surface area (Å²) in [6, 6.07) is 14.2. The van der Waals surface area contributed by atoms with E-state index in [4.69, 9.17) is 0 Å². The highest BCUT2D eigenvalue weighted by Gasteiger charge is 2.42. The first kappa shape index (κ1) is 15.9. The van der Waals surface area contributed by atoms with Gasteiger partial charge in [-0.05, 0) is 36.8 Å². The highest BCUT2D eigenvalue weighted by atomic mass is 19.1. The zero-order valence-electron chi connectivity index (χ0n) is 13.2. The molecule has 2 aromatic carbocycles. The van der Waals surface area contributed by atoms with Crippen molar-refractivity contribution in [3.05, 3.63) is 72.1 Å². The van der Waals surface area contributed by atoms with Crippen LogP contribution in [0.3, 0.4) is 0 Å². The van der Waals surface area contributed by atoms with E-state index in [1.807, 2.05) is 36.4 Å². The van der Waals surface area contributed by atoms with Gasteiger partial charge < -0.3 is 0 Å². The molecule has 1 saturated heterocycles. The normalized spacial score (nSPS) is 18.0. The van der Waals surface area contributed by atoms with E-state index in [1.54, 1.807) is 13.0 Å². The number of carbonyl (C=O) groups is 2. The second-order valence-electron chi connectivity index (χ2n) is 5.57. The predicted molar refractivity (Wildman–Crippen MR) is 90.9 cm³/mol. The molecule has 0 radical (unpaired) electrons. The van der Waals surface area contributed by atoms with Gasteiger partial charge in [0.25, 0.3) is 5.91 Å². The van der Waals surface area contributed by atoms with Gasteiger partial charge in [0.1, 0.15) is 11.9 Å².